The largest absolute Gasteiger partial charge is 0.456 e. The molecule has 1 fully saturated rings. The van der Waals surface area contributed by atoms with E-state index in [0.29, 0.717) is 12.1 Å². The summed E-state index contributed by atoms with van der Waals surface area (Å²) in [6.45, 7) is 3.76. The van der Waals surface area contributed by atoms with Gasteiger partial charge < -0.3 is 9.47 Å². The van der Waals surface area contributed by atoms with Gasteiger partial charge in [0.05, 0.1) is 12.3 Å². The smallest absolute Gasteiger partial charge is 0.411 e. The van der Waals surface area contributed by atoms with Crippen LogP contribution >= 0.6 is 0 Å². The molecule has 1 amide bonds. The lowest BCUT2D eigenvalue weighted by Gasteiger charge is -2.16. The molecule has 0 aromatic carbocycles. The van der Waals surface area contributed by atoms with Crippen molar-refractivity contribution in [2.45, 2.75) is 52.1 Å². The van der Waals surface area contributed by atoms with Gasteiger partial charge in [-0.15, -0.1) is 0 Å². The van der Waals surface area contributed by atoms with Crippen LogP contribution in [0.25, 0.3) is 0 Å². The molecule has 0 aromatic rings. The molecule has 1 saturated heterocycles. The lowest BCUT2D eigenvalue weighted by molar-refractivity contribution is -0.145. The van der Waals surface area contributed by atoms with Crippen LogP contribution in [0.2, 0.25) is 0 Å². The maximum Gasteiger partial charge on any atom is 0.411 e. The first-order valence-electron chi connectivity index (χ1n) is 6.44. The molecule has 5 nitrogen and oxygen atoms in total. The van der Waals surface area contributed by atoms with E-state index in [2.05, 4.69) is 12.2 Å². The normalized spacial score (nSPS) is 22.0. The molecule has 5 heteroatoms. The minimum atomic E-state index is -0.480. The Hall–Kier alpha value is -1.52. The van der Waals surface area contributed by atoms with E-state index in [-0.39, 0.29) is 12.6 Å². The molecule has 1 unspecified atom stereocenters. The van der Waals surface area contributed by atoms with Crippen LogP contribution in [0.15, 0.2) is 11.8 Å². The van der Waals surface area contributed by atoms with Crippen molar-refractivity contribution in [1.29, 1.82) is 0 Å². The first-order chi connectivity index (χ1) is 8.63. The Kier molecular flexibility index (Phi) is 6.25. The third kappa shape index (κ3) is 5.21. The number of esters is 1. The molecule has 0 spiro atoms. The molecular formula is C13H21NO4. The van der Waals surface area contributed by atoms with E-state index in [0.717, 1.165) is 25.7 Å². The number of ether oxygens (including phenoxy) is 2. The van der Waals surface area contributed by atoms with E-state index in [9.17, 15) is 9.59 Å². The van der Waals surface area contributed by atoms with E-state index in [1.165, 1.54) is 6.92 Å². The zero-order valence-electron chi connectivity index (χ0n) is 11.0. The Morgan fingerprint density at radius 2 is 2.33 bits per heavy atom. The number of unbranched alkanes of at least 4 members (excludes halogenated alkanes) is 3. The summed E-state index contributed by atoms with van der Waals surface area (Å²) < 4.78 is 10.1. The summed E-state index contributed by atoms with van der Waals surface area (Å²) in [5.41, 5.74) is 0.642. The van der Waals surface area contributed by atoms with Crippen LogP contribution in [-0.4, -0.2) is 24.8 Å². The fourth-order valence-corrected chi connectivity index (χ4v) is 1.81. The third-order valence-corrected chi connectivity index (χ3v) is 2.69. The van der Waals surface area contributed by atoms with E-state index in [1.807, 2.05) is 6.08 Å². The SMILES string of the molecule is CCCCC/C=C1/NC(=O)OCCC1OC(C)=O. The number of carbonyl (C=O) groups excluding carboxylic acids is 2. The van der Waals surface area contributed by atoms with Gasteiger partial charge in [0, 0.05) is 13.3 Å². The van der Waals surface area contributed by atoms with Gasteiger partial charge in [0.15, 0.2) is 0 Å². The topological polar surface area (TPSA) is 64.6 Å². The number of rotatable bonds is 5. The fourth-order valence-electron chi connectivity index (χ4n) is 1.81. The summed E-state index contributed by atoms with van der Waals surface area (Å²) in [5, 5.41) is 2.63. The molecular weight excluding hydrogens is 234 g/mol. The van der Waals surface area contributed by atoms with Crippen molar-refractivity contribution in [3.05, 3.63) is 11.8 Å². The Labute approximate surface area is 108 Å². The summed E-state index contributed by atoms with van der Waals surface area (Å²) in [7, 11) is 0. The molecule has 0 aromatic heterocycles. The van der Waals surface area contributed by atoms with Crippen molar-refractivity contribution >= 4 is 12.1 Å². The van der Waals surface area contributed by atoms with Gasteiger partial charge in [0.2, 0.25) is 0 Å². The Morgan fingerprint density at radius 1 is 1.56 bits per heavy atom. The second-order valence-electron chi connectivity index (χ2n) is 4.30. The second kappa shape index (κ2) is 7.74. The van der Waals surface area contributed by atoms with Crippen molar-refractivity contribution in [3.8, 4) is 0 Å². The summed E-state index contributed by atoms with van der Waals surface area (Å²) in [6, 6.07) is 0. The van der Waals surface area contributed by atoms with Gasteiger partial charge in [-0.2, -0.15) is 0 Å². The van der Waals surface area contributed by atoms with Crippen molar-refractivity contribution in [3.63, 3.8) is 0 Å². The quantitative estimate of drug-likeness (QED) is 0.605. The highest BCUT2D eigenvalue weighted by molar-refractivity contribution is 5.71. The van der Waals surface area contributed by atoms with Gasteiger partial charge in [-0.3, -0.25) is 10.1 Å². The molecule has 0 aliphatic carbocycles. The Bertz CT molecular complexity index is 325. The van der Waals surface area contributed by atoms with Crippen molar-refractivity contribution in [2.24, 2.45) is 0 Å². The maximum absolute atomic E-state index is 11.3. The summed E-state index contributed by atoms with van der Waals surface area (Å²) in [6.07, 6.45) is 5.75. The zero-order chi connectivity index (χ0) is 13.4. The van der Waals surface area contributed by atoms with Gasteiger partial charge in [0.25, 0.3) is 0 Å². The maximum atomic E-state index is 11.3. The third-order valence-electron chi connectivity index (χ3n) is 2.69. The average Bonchev–Trinajstić information content (AvgIpc) is 2.47. The predicted octanol–water partition coefficient (Wildman–Crippen LogP) is 2.51. The molecule has 102 valence electrons. The van der Waals surface area contributed by atoms with E-state index in [1.54, 1.807) is 0 Å². The standard InChI is InChI=1S/C13H21NO4/c1-3-4-5-6-7-11-12(18-10(2)15)8-9-17-13(16)14-11/h7,12H,3-6,8-9H2,1-2H3,(H,14,16)/b11-7+. The molecule has 1 heterocycles. The number of cyclic esters (lactones) is 1. The van der Waals surface area contributed by atoms with Crippen molar-refractivity contribution in [2.75, 3.05) is 6.61 Å². The van der Waals surface area contributed by atoms with Crippen LogP contribution in [0.3, 0.4) is 0 Å². The van der Waals surface area contributed by atoms with Crippen molar-refractivity contribution < 1.29 is 19.1 Å². The molecule has 0 radical (unpaired) electrons. The second-order valence-corrected chi connectivity index (χ2v) is 4.30. The lowest BCUT2D eigenvalue weighted by atomic mass is 10.1. The van der Waals surface area contributed by atoms with Gasteiger partial charge in [-0.05, 0) is 12.8 Å². The zero-order valence-corrected chi connectivity index (χ0v) is 11.0. The molecule has 0 bridgehead atoms. The highest BCUT2D eigenvalue weighted by Crippen LogP contribution is 2.15. The minimum absolute atomic E-state index is 0.260. The number of carbonyl (C=O) groups is 2. The highest BCUT2D eigenvalue weighted by atomic mass is 16.6. The first-order valence-corrected chi connectivity index (χ1v) is 6.44. The van der Waals surface area contributed by atoms with Gasteiger partial charge in [-0.1, -0.05) is 25.8 Å². The summed E-state index contributed by atoms with van der Waals surface area (Å²) in [5.74, 6) is -0.351. The van der Waals surface area contributed by atoms with E-state index >= 15 is 0 Å². The van der Waals surface area contributed by atoms with Crippen LogP contribution in [0.4, 0.5) is 4.79 Å². The number of amides is 1. The number of alkyl carbamates (subject to hydrolysis) is 1. The molecule has 0 saturated carbocycles. The van der Waals surface area contributed by atoms with Crippen LogP contribution in [0, 0.1) is 0 Å². The Balaban J connectivity index is 2.63. The molecule has 1 atom stereocenters. The number of nitrogens with one attached hydrogen (secondary N) is 1. The van der Waals surface area contributed by atoms with Gasteiger partial charge in [0.1, 0.15) is 6.10 Å². The Morgan fingerprint density at radius 3 is 3.00 bits per heavy atom. The number of hydrogen-bond donors (Lipinski definition) is 1. The number of allylic oxidation sites excluding steroid dienone is 1. The van der Waals surface area contributed by atoms with E-state index < -0.39 is 12.2 Å². The number of hydrogen-bond acceptors (Lipinski definition) is 4. The molecule has 1 N–H and O–H groups in total. The highest BCUT2D eigenvalue weighted by Gasteiger charge is 2.23. The predicted molar refractivity (Wildman–Crippen MR) is 66.9 cm³/mol. The summed E-state index contributed by atoms with van der Waals surface area (Å²) >= 11 is 0. The average molecular weight is 255 g/mol. The van der Waals surface area contributed by atoms with Crippen LogP contribution in [0.5, 0.6) is 0 Å². The fraction of sp³-hybridized carbons (Fsp3) is 0.692. The molecule has 1 aliphatic rings. The molecule has 1 rings (SSSR count). The minimum Gasteiger partial charge on any atom is -0.456 e. The van der Waals surface area contributed by atoms with E-state index in [4.69, 9.17) is 9.47 Å². The first kappa shape index (κ1) is 14.5. The molecule has 1 aliphatic heterocycles. The lowest BCUT2D eigenvalue weighted by Crippen LogP contribution is -2.29. The monoisotopic (exact) mass is 255 g/mol. The van der Waals surface area contributed by atoms with Crippen molar-refractivity contribution in [1.82, 2.24) is 5.32 Å². The van der Waals surface area contributed by atoms with Crippen LogP contribution < -0.4 is 5.32 Å². The van der Waals surface area contributed by atoms with Gasteiger partial charge >= 0.3 is 12.1 Å². The van der Waals surface area contributed by atoms with Gasteiger partial charge in [-0.25, -0.2) is 4.79 Å². The van der Waals surface area contributed by atoms with Crippen LogP contribution in [0.1, 0.15) is 46.0 Å². The summed E-state index contributed by atoms with van der Waals surface area (Å²) in [4.78, 5) is 22.3. The molecule has 18 heavy (non-hydrogen) atoms. The van der Waals surface area contributed by atoms with Crippen LogP contribution in [-0.2, 0) is 14.3 Å².